The summed E-state index contributed by atoms with van der Waals surface area (Å²) in [4.78, 5) is 0. The Kier molecular flexibility index (Phi) is 3.48. The molecule has 7 heteroatoms. The Balaban J connectivity index is 2.51. The molecule has 1 aromatic carbocycles. The van der Waals surface area contributed by atoms with E-state index in [4.69, 9.17) is 0 Å². The molecule has 0 radical (unpaired) electrons. The number of hydrogen-bond acceptors (Lipinski definition) is 6. The monoisotopic (exact) mass is 251 g/mol. The highest BCUT2D eigenvalue weighted by Crippen LogP contribution is 2.27. The van der Waals surface area contributed by atoms with E-state index >= 15 is 0 Å². The average molecular weight is 251 g/mol. The fourth-order valence-corrected chi connectivity index (χ4v) is 1.61. The molecule has 0 amide bonds. The van der Waals surface area contributed by atoms with Gasteiger partial charge < -0.3 is 5.32 Å². The van der Waals surface area contributed by atoms with Crippen LogP contribution in [0.4, 0.5) is 10.1 Å². The van der Waals surface area contributed by atoms with Gasteiger partial charge in [0, 0.05) is 12.7 Å². The van der Waals surface area contributed by atoms with E-state index in [0.717, 1.165) is 0 Å². The molecule has 0 unspecified atom stereocenters. The van der Waals surface area contributed by atoms with Gasteiger partial charge in [0.15, 0.2) is 0 Å². The van der Waals surface area contributed by atoms with Gasteiger partial charge in [0.05, 0.1) is 5.56 Å². The van der Waals surface area contributed by atoms with Crippen molar-refractivity contribution < 1.29 is 4.39 Å². The maximum Gasteiger partial charge on any atom is 0.229 e. The first-order chi connectivity index (χ1) is 8.26. The smallest absolute Gasteiger partial charge is 0.229 e. The molecule has 0 aliphatic carbocycles. The normalized spacial score (nSPS) is 10.3. The number of aromatic nitrogens is 4. The van der Waals surface area contributed by atoms with Crippen LogP contribution in [-0.4, -0.2) is 33.7 Å². The topological polar surface area (TPSA) is 63.6 Å². The second-order valence-corrected chi connectivity index (χ2v) is 3.90. The quantitative estimate of drug-likeness (QED) is 0.840. The summed E-state index contributed by atoms with van der Waals surface area (Å²) in [6.45, 7) is 0. The van der Waals surface area contributed by atoms with E-state index in [0.29, 0.717) is 10.8 Å². The van der Waals surface area contributed by atoms with Crippen LogP contribution in [0.5, 0.6) is 0 Å². The molecule has 0 spiro atoms. The standard InChI is InChI=1S/C10H10FN5S/c1-12-7-5-3-4-6(11)8(7)9-13-15-10(17-2)16-14-9/h3-5,12H,1-2H3. The highest BCUT2D eigenvalue weighted by molar-refractivity contribution is 7.98. The van der Waals surface area contributed by atoms with Crippen LogP contribution in [0.15, 0.2) is 23.4 Å². The van der Waals surface area contributed by atoms with Crippen molar-refractivity contribution >= 4 is 17.4 Å². The first-order valence-corrected chi connectivity index (χ1v) is 6.06. The van der Waals surface area contributed by atoms with Crippen LogP contribution in [0.1, 0.15) is 0 Å². The van der Waals surface area contributed by atoms with Crippen LogP contribution in [-0.2, 0) is 0 Å². The maximum atomic E-state index is 13.7. The third-order valence-electron chi connectivity index (χ3n) is 2.15. The largest absolute Gasteiger partial charge is 0.387 e. The first kappa shape index (κ1) is 11.7. The van der Waals surface area contributed by atoms with Crippen molar-refractivity contribution in [2.24, 2.45) is 0 Å². The minimum atomic E-state index is -0.405. The highest BCUT2D eigenvalue weighted by Gasteiger charge is 2.14. The lowest BCUT2D eigenvalue weighted by Gasteiger charge is -2.07. The van der Waals surface area contributed by atoms with Crippen molar-refractivity contribution in [1.82, 2.24) is 20.4 Å². The van der Waals surface area contributed by atoms with Crippen molar-refractivity contribution in [2.75, 3.05) is 18.6 Å². The van der Waals surface area contributed by atoms with E-state index in [2.05, 4.69) is 25.7 Å². The number of nitrogens with one attached hydrogen (secondary N) is 1. The summed E-state index contributed by atoms with van der Waals surface area (Å²) in [7, 11) is 1.70. The lowest BCUT2D eigenvalue weighted by atomic mass is 10.1. The zero-order valence-corrected chi connectivity index (χ0v) is 10.1. The van der Waals surface area contributed by atoms with E-state index in [1.54, 1.807) is 19.2 Å². The lowest BCUT2D eigenvalue weighted by molar-refractivity contribution is 0.627. The van der Waals surface area contributed by atoms with E-state index in [1.807, 2.05) is 6.26 Å². The van der Waals surface area contributed by atoms with Crippen LogP contribution >= 0.6 is 11.8 Å². The van der Waals surface area contributed by atoms with Crippen LogP contribution in [0, 0.1) is 5.82 Å². The molecule has 88 valence electrons. The third-order valence-corrected chi connectivity index (χ3v) is 2.68. The molecule has 1 N–H and O–H groups in total. The molecule has 0 aliphatic heterocycles. The zero-order chi connectivity index (χ0) is 12.3. The summed E-state index contributed by atoms with van der Waals surface area (Å²) in [5.41, 5.74) is 0.883. The number of anilines is 1. The molecule has 2 aromatic rings. The van der Waals surface area contributed by atoms with E-state index < -0.39 is 5.82 Å². The summed E-state index contributed by atoms with van der Waals surface area (Å²) in [6, 6.07) is 4.70. The van der Waals surface area contributed by atoms with E-state index in [-0.39, 0.29) is 11.4 Å². The molecule has 0 atom stereocenters. The number of hydrogen-bond donors (Lipinski definition) is 1. The first-order valence-electron chi connectivity index (χ1n) is 4.84. The average Bonchev–Trinajstić information content (AvgIpc) is 2.38. The van der Waals surface area contributed by atoms with Crippen molar-refractivity contribution in [3.05, 3.63) is 24.0 Å². The van der Waals surface area contributed by atoms with E-state index in [9.17, 15) is 4.39 Å². The van der Waals surface area contributed by atoms with Gasteiger partial charge in [0.1, 0.15) is 5.82 Å². The van der Waals surface area contributed by atoms with Crippen LogP contribution in [0.25, 0.3) is 11.4 Å². The van der Waals surface area contributed by atoms with Gasteiger partial charge in [-0.15, -0.1) is 20.4 Å². The summed E-state index contributed by atoms with van der Waals surface area (Å²) >= 11 is 1.33. The van der Waals surface area contributed by atoms with Gasteiger partial charge in [0.25, 0.3) is 0 Å². The molecule has 5 nitrogen and oxygen atoms in total. The lowest BCUT2D eigenvalue weighted by Crippen LogP contribution is -2.02. The predicted octanol–water partition coefficient (Wildman–Crippen LogP) is 1.84. The van der Waals surface area contributed by atoms with Gasteiger partial charge in [-0.05, 0) is 18.4 Å². The SMILES string of the molecule is CNc1cccc(F)c1-c1nnc(SC)nn1. The Morgan fingerprint density at radius 2 is 1.88 bits per heavy atom. The Morgan fingerprint density at radius 1 is 1.18 bits per heavy atom. The number of thioether (sulfide) groups is 1. The van der Waals surface area contributed by atoms with Gasteiger partial charge in [-0.25, -0.2) is 4.39 Å². The number of benzene rings is 1. The number of rotatable bonds is 3. The van der Waals surface area contributed by atoms with Gasteiger partial charge in [-0.1, -0.05) is 17.8 Å². The molecule has 17 heavy (non-hydrogen) atoms. The highest BCUT2D eigenvalue weighted by atomic mass is 32.2. The molecule has 0 saturated carbocycles. The summed E-state index contributed by atoms with van der Waals surface area (Å²) in [5.74, 6) is -0.234. The Hall–Kier alpha value is -1.76. The molecular formula is C10H10FN5S. The number of nitrogens with zero attached hydrogens (tertiary/aromatic N) is 4. The Bertz CT molecular complexity index is 517. The van der Waals surface area contributed by atoms with Crippen LogP contribution in [0.2, 0.25) is 0 Å². The van der Waals surface area contributed by atoms with E-state index in [1.165, 1.54) is 17.8 Å². The predicted molar refractivity (Wildman–Crippen MR) is 64.3 cm³/mol. The minimum Gasteiger partial charge on any atom is -0.387 e. The summed E-state index contributed by atoms with van der Waals surface area (Å²) in [5, 5.41) is 18.7. The minimum absolute atomic E-state index is 0.172. The summed E-state index contributed by atoms with van der Waals surface area (Å²) < 4.78 is 13.7. The van der Waals surface area contributed by atoms with Gasteiger partial charge in [0.2, 0.25) is 11.0 Å². The van der Waals surface area contributed by atoms with Gasteiger partial charge in [-0.2, -0.15) is 0 Å². The maximum absolute atomic E-state index is 13.7. The Labute approximate surface area is 102 Å². The fraction of sp³-hybridized carbons (Fsp3) is 0.200. The van der Waals surface area contributed by atoms with Crippen LogP contribution < -0.4 is 5.32 Å². The summed E-state index contributed by atoms with van der Waals surface area (Å²) in [6.07, 6.45) is 1.82. The van der Waals surface area contributed by atoms with Crippen molar-refractivity contribution in [2.45, 2.75) is 5.16 Å². The van der Waals surface area contributed by atoms with Crippen LogP contribution in [0.3, 0.4) is 0 Å². The molecule has 0 fully saturated rings. The zero-order valence-electron chi connectivity index (χ0n) is 9.31. The third kappa shape index (κ3) is 2.33. The molecular weight excluding hydrogens is 241 g/mol. The second-order valence-electron chi connectivity index (χ2n) is 3.12. The molecule has 0 bridgehead atoms. The van der Waals surface area contributed by atoms with Gasteiger partial charge in [-0.3, -0.25) is 0 Å². The van der Waals surface area contributed by atoms with Crippen molar-refractivity contribution in [1.29, 1.82) is 0 Å². The van der Waals surface area contributed by atoms with Gasteiger partial charge >= 0.3 is 0 Å². The molecule has 1 heterocycles. The Morgan fingerprint density at radius 3 is 2.47 bits per heavy atom. The molecule has 0 aliphatic rings. The molecule has 1 aromatic heterocycles. The second kappa shape index (κ2) is 5.05. The number of halogens is 1. The molecule has 2 rings (SSSR count). The molecule has 0 saturated heterocycles. The van der Waals surface area contributed by atoms with Crippen molar-refractivity contribution in [3.8, 4) is 11.4 Å². The van der Waals surface area contributed by atoms with Crippen molar-refractivity contribution in [3.63, 3.8) is 0 Å². The fourth-order valence-electron chi connectivity index (χ4n) is 1.36.